The van der Waals surface area contributed by atoms with Gasteiger partial charge in [0.1, 0.15) is 5.75 Å². The fourth-order valence-electron chi connectivity index (χ4n) is 1.92. The number of nitrogens with one attached hydrogen (secondary N) is 1. The molecule has 0 aliphatic carbocycles. The first kappa shape index (κ1) is 16.9. The predicted molar refractivity (Wildman–Crippen MR) is 75.0 cm³/mol. The lowest BCUT2D eigenvalue weighted by molar-refractivity contribution is -0.0509. The number of hydrogen-bond donors (Lipinski definition) is 2. The van der Waals surface area contributed by atoms with E-state index in [4.69, 9.17) is 0 Å². The van der Waals surface area contributed by atoms with Crippen molar-refractivity contribution >= 4 is 0 Å². The normalized spacial score (nSPS) is 13.0. The van der Waals surface area contributed by atoms with Crippen molar-refractivity contribution in [1.82, 2.24) is 5.32 Å². The summed E-state index contributed by atoms with van der Waals surface area (Å²) >= 11 is 0. The molecule has 1 aromatic carbocycles. The van der Waals surface area contributed by atoms with E-state index in [1.807, 2.05) is 19.9 Å². The molecular weight excluding hydrogens is 264 g/mol. The average Bonchev–Trinajstić information content (AvgIpc) is 2.37. The molecular formula is C15H23F2NO2. The van der Waals surface area contributed by atoms with Crippen molar-refractivity contribution in [2.24, 2.45) is 5.92 Å². The number of halogens is 2. The van der Waals surface area contributed by atoms with Crippen molar-refractivity contribution in [3.8, 4) is 5.75 Å². The van der Waals surface area contributed by atoms with Crippen LogP contribution in [0.2, 0.25) is 0 Å². The first-order valence-electron chi connectivity index (χ1n) is 6.84. The van der Waals surface area contributed by atoms with Crippen molar-refractivity contribution in [1.29, 1.82) is 0 Å². The topological polar surface area (TPSA) is 41.5 Å². The van der Waals surface area contributed by atoms with Crippen molar-refractivity contribution in [2.45, 2.75) is 46.5 Å². The Morgan fingerprint density at radius 1 is 1.30 bits per heavy atom. The maximum atomic E-state index is 12.4. The van der Waals surface area contributed by atoms with Gasteiger partial charge in [-0.1, -0.05) is 32.0 Å². The molecule has 2 N–H and O–H groups in total. The number of benzene rings is 1. The molecule has 0 spiro atoms. The Hall–Kier alpha value is -1.20. The van der Waals surface area contributed by atoms with Crippen LogP contribution in [0.4, 0.5) is 8.78 Å². The number of aliphatic hydroxyl groups excluding tert-OH is 1. The predicted octanol–water partition coefficient (Wildman–Crippen LogP) is 3.09. The van der Waals surface area contributed by atoms with E-state index in [2.05, 4.69) is 10.1 Å². The third kappa shape index (κ3) is 5.43. The molecule has 0 saturated heterocycles. The molecule has 1 atom stereocenters. The van der Waals surface area contributed by atoms with E-state index in [0.29, 0.717) is 30.6 Å². The highest BCUT2D eigenvalue weighted by atomic mass is 19.3. The highest BCUT2D eigenvalue weighted by molar-refractivity contribution is 5.40. The standard InChI is InChI=1S/C15H23F2NO2/c1-10(2)13(19)7-8-18-9-12-6-4-5-11(3)14(12)20-15(16)17/h4-6,10,13,15,18-19H,7-9H2,1-3H3. The Balaban J connectivity index is 2.53. The molecule has 0 aliphatic rings. The fourth-order valence-corrected chi connectivity index (χ4v) is 1.92. The van der Waals surface area contributed by atoms with Gasteiger partial charge in [0.15, 0.2) is 0 Å². The highest BCUT2D eigenvalue weighted by Crippen LogP contribution is 2.25. The molecule has 0 radical (unpaired) electrons. The zero-order chi connectivity index (χ0) is 15.1. The maximum Gasteiger partial charge on any atom is 0.387 e. The van der Waals surface area contributed by atoms with Crippen molar-refractivity contribution in [2.75, 3.05) is 6.54 Å². The van der Waals surface area contributed by atoms with Crippen LogP contribution in [0, 0.1) is 12.8 Å². The van der Waals surface area contributed by atoms with Crippen molar-refractivity contribution < 1.29 is 18.6 Å². The summed E-state index contributed by atoms with van der Waals surface area (Å²) in [4.78, 5) is 0. The number of aryl methyl sites for hydroxylation is 1. The van der Waals surface area contributed by atoms with E-state index in [9.17, 15) is 13.9 Å². The second-order valence-corrected chi connectivity index (χ2v) is 5.22. The van der Waals surface area contributed by atoms with E-state index in [-0.39, 0.29) is 17.8 Å². The molecule has 0 fully saturated rings. The van der Waals surface area contributed by atoms with Gasteiger partial charge in [0.05, 0.1) is 6.10 Å². The van der Waals surface area contributed by atoms with Gasteiger partial charge in [-0.05, 0) is 31.4 Å². The first-order chi connectivity index (χ1) is 9.41. The number of alkyl halides is 2. The Morgan fingerprint density at radius 2 is 2.00 bits per heavy atom. The number of aliphatic hydroxyl groups is 1. The number of para-hydroxylation sites is 1. The van der Waals surface area contributed by atoms with E-state index < -0.39 is 6.61 Å². The van der Waals surface area contributed by atoms with Crippen LogP contribution in [0.1, 0.15) is 31.4 Å². The molecule has 0 heterocycles. The highest BCUT2D eigenvalue weighted by Gasteiger charge is 2.12. The summed E-state index contributed by atoms with van der Waals surface area (Å²) in [5.41, 5.74) is 1.39. The minimum absolute atomic E-state index is 0.216. The van der Waals surface area contributed by atoms with Crippen LogP contribution in [0.3, 0.4) is 0 Å². The van der Waals surface area contributed by atoms with Gasteiger partial charge in [0, 0.05) is 12.1 Å². The minimum atomic E-state index is -2.82. The Kier molecular flexibility index (Phi) is 6.88. The Labute approximate surface area is 119 Å². The molecule has 1 rings (SSSR count). The number of ether oxygens (including phenoxy) is 1. The summed E-state index contributed by atoms with van der Waals surface area (Å²) in [6.07, 6.45) is 0.283. The van der Waals surface area contributed by atoms with Gasteiger partial charge in [-0.15, -0.1) is 0 Å². The monoisotopic (exact) mass is 287 g/mol. The minimum Gasteiger partial charge on any atom is -0.434 e. The van der Waals surface area contributed by atoms with Gasteiger partial charge in [-0.25, -0.2) is 0 Å². The first-order valence-corrected chi connectivity index (χ1v) is 6.84. The lowest BCUT2D eigenvalue weighted by atomic mass is 10.0. The summed E-state index contributed by atoms with van der Waals surface area (Å²) < 4.78 is 29.3. The van der Waals surface area contributed by atoms with Crippen LogP contribution in [0.5, 0.6) is 5.75 Å². The van der Waals surface area contributed by atoms with Gasteiger partial charge < -0.3 is 15.2 Å². The Bertz CT molecular complexity index is 411. The lowest BCUT2D eigenvalue weighted by Gasteiger charge is -2.16. The van der Waals surface area contributed by atoms with Crippen LogP contribution in [0.25, 0.3) is 0 Å². The van der Waals surface area contributed by atoms with Gasteiger partial charge in [-0.3, -0.25) is 0 Å². The fraction of sp³-hybridized carbons (Fsp3) is 0.600. The number of hydrogen-bond acceptors (Lipinski definition) is 3. The molecule has 0 aromatic heterocycles. The van der Waals surface area contributed by atoms with Gasteiger partial charge in [0.2, 0.25) is 0 Å². The zero-order valence-electron chi connectivity index (χ0n) is 12.2. The van der Waals surface area contributed by atoms with Gasteiger partial charge in [-0.2, -0.15) is 8.78 Å². The average molecular weight is 287 g/mol. The van der Waals surface area contributed by atoms with Gasteiger partial charge in [0.25, 0.3) is 0 Å². The molecule has 3 nitrogen and oxygen atoms in total. The summed E-state index contributed by atoms with van der Waals surface area (Å²) in [5.74, 6) is 0.452. The SMILES string of the molecule is Cc1cccc(CNCCC(O)C(C)C)c1OC(F)F. The largest absolute Gasteiger partial charge is 0.434 e. The molecule has 0 amide bonds. The molecule has 1 unspecified atom stereocenters. The van der Waals surface area contributed by atoms with Crippen LogP contribution >= 0.6 is 0 Å². The van der Waals surface area contributed by atoms with Crippen LogP contribution in [-0.4, -0.2) is 24.4 Å². The lowest BCUT2D eigenvalue weighted by Crippen LogP contribution is -2.23. The third-order valence-corrected chi connectivity index (χ3v) is 3.20. The summed E-state index contributed by atoms with van der Waals surface area (Å²) in [7, 11) is 0. The molecule has 0 bridgehead atoms. The molecule has 1 aromatic rings. The number of rotatable bonds is 8. The van der Waals surface area contributed by atoms with Crippen molar-refractivity contribution in [3.05, 3.63) is 29.3 Å². The second kappa shape index (κ2) is 8.17. The Morgan fingerprint density at radius 3 is 2.60 bits per heavy atom. The molecule has 0 saturated carbocycles. The van der Waals surface area contributed by atoms with Gasteiger partial charge >= 0.3 is 6.61 Å². The van der Waals surface area contributed by atoms with E-state index in [1.165, 1.54) is 0 Å². The van der Waals surface area contributed by atoms with Crippen molar-refractivity contribution in [3.63, 3.8) is 0 Å². The summed E-state index contributed by atoms with van der Waals surface area (Å²) in [6, 6.07) is 5.31. The molecule has 5 heteroatoms. The third-order valence-electron chi connectivity index (χ3n) is 3.20. The maximum absolute atomic E-state index is 12.4. The zero-order valence-corrected chi connectivity index (χ0v) is 12.2. The van der Waals surface area contributed by atoms with Crippen LogP contribution in [0.15, 0.2) is 18.2 Å². The molecule has 20 heavy (non-hydrogen) atoms. The van der Waals surface area contributed by atoms with E-state index in [0.717, 1.165) is 0 Å². The van der Waals surface area contributed by atoms with Crippen LogP contribution < -0.4 is 10.1 Å². The summed E-state index contributed by atoms with van der Waals surface area (Å²) in [5, 5.41) is 12.8. The second-order valence-electron chi connectivity index (χ2n) is 5.22. The summed E-state index contributed by atoms with van der Waals surface area (Å²) in [6.45, 7) is 3.90. The molecule has 114 valence electrons. The van der Waals surface area contributed by atoms with E-state index >= 15 is 0 Å². The van der Waals surface area contributed by atoms with Crippen LogP contribution in [-0.2, 0) is 6.54 Å². The quantitative estimate of drug-likeness (QED) is 0.722. The molecule has 0 aliphatic heterocycles. The van der Waals surface area contributed by atoms with E-state index in [1.54, 1.807) is 19.1 Å². The smallest absolute Gasteiger partial charge is 0.387 e.